The SMILES string of the molecule is CNc1cnccc1C(=O)NC1CCN2CCCCC12. The summed E-state index contributed by atoms with van der Waals surface area (Å²) in [7, 11) is 1.81. The number of fused-ring (bicyclic) bond motifs is 1. The number of anilines is 1. The Balaban J connectivity index is 1.70. The van der Waals surface area contributed by atoms with Crippen molar-refractivity contribution in [2.24, 2.45) is 0 Å². The van der Waals surface area contributed by atoms with Gasteiger partial charge in [-0.2, -0.15) is 0 Å². The third-order valence-electron chi connectivity index (χ3n) is 4.51. The van der Waals surface area contributed by atoms with Gasteiger partial charge >= 0.3 is 0 Å². The van der Waals surface area contributed by atoms with E-state index in [0.717, 1.165) is 18.7 Å². The van der Waals surface area contributed by atoms with Crippen LogP contribution < -0.4 is 10.6 Å². The standard InChI is InChI=1S/C15H22N4O/c1-16-13-10-17-7-5-11(13)15(20)18-12-6-9-19-8-3-2-4-14(12)19/h5,7,10,12,14,16H,2-4,6,8-9H2,1H3,(H,18,20). The minimum absolute atomic E-state index is 0.00849. The Hall–Kier alpha value is -1.62. The van der Waals surface area contributed by atoms with Gasteiger partial charge in [0, 0.05) is 31.9 Å². The van der Waals surface area contributed by atoms with Crippen LogP contribution in [0.3, 0.4) is 0 Å². The smallest absolute Gasteiger partial charge is 0.253 e. The van der Waals surface area contributed by atoms with E-state index in [0.29, 0.717) is 17.6 Å². The van der Waals surface area contributed by atoms with Crippen molar-refractivity contribution < 1.29 is 4.79 Å². The van der Waals surface area contributed by atoms with Gasteiger partial charge in [0.05, 0.1) is 17.4 Å². The summed E-state index contributed by atoms with van der Waals surface area (Å²) < 4.78 is 0. The van der Waals surface area contributed by atoms with Crippen LogP contribution >= 0.6 is 0 Å². The monoisotopic (exact) mass is 274 g/mol. The molecule has 5 heteroatoms. The molecule has 2 saturated heterocycles. The summed E-state index contributed by atoms with van der Waals surface area (Å²) >= 11 is 0. The molecule has 0 aliphatic carbocycles. The van der Waals surface area contributed by atoms with Crippen LogP contribution in [-0.2, 0) is 0 Å². The molecule has 2 unspecified atom stereocenters. The molecule has 5 nitrogen and oxygen atoms in total. The molecule has 0 aromatic carbocycles. The first-order valence-electron chi connectivity index (χ1n) is 7.46. The summed E-state index contributed by atoms with van der Waals surface area (Å²) in [5, 5.41) is 6.24. The highest BCUT2D eigenvalue weighted by Crippen LogP contribution is 2.27. The van der Waals surface area contributed by atoms with Crippen molar-refractivity contribution in [2.45, 2.75) is 37.8 Å². The van der Waals surface area contributed by atoms with E-state index >= 15 is 0 Å². The molecule has 0 saturated carbocycles. The van der Waals surface area contributed by atoms with E-state index in [-0.39, 0.29) is 5.91 Å². The van der Waals surface area contributed by atoms with Crippen LogP contribution in [0.15, 0.2) is 18.5 Å². The number of nitrogens with zero attached hydrogens (tertiary/aromatic N) is 2. The molecule has 3 heterocycles. The van der Waals surface area contributed by atoms with Gasteiger partial charge in [0.25, 0.3) is 5.91 Å². The van der Waals surface area contributed by atoms with Crippen LogP contribution in [0.2, 0.25) is 0 Å². The lowest BCUT2D eigenvalue weighted by atomic mass is 9.99. The van der Waals surface area contributed by atoms with Gasteiger partial charge in [-0.15, -0.1) is 0 Å². The molecule has 0 bridgehead atoms. The maximum absolute atomic E-state index is 12.5. The lowest BCUT2D eigenvalue weighted by Gasteiger charge is -2.32. The van der Waals surface area contributed by atoms with Crippen molar-refractivity contribution in [3.63, 3.8) is 0 Å². The number of carbonyl (C=O) groups excluding carboxylic acids is 1. The maximum atomic E-state index is 12.5. The van der Waals surface area contributed by atoms with Crippen LogP contribution in [0.1, 0.15) is 36.0 Å². The van der Waals surface area contributed by atoms with Gasteiger partial charge < -0.3 is 10.6 Å². The molecule has 1 aromatic rings. The minimum atomic E-state index is 0.00849. The van der Waals surface area contributed by atoms with Gasteiger partial charge in [0.1, 0.15) is 0 Å². The predicted molar refractivity (Wildman–Crippen MR) is 78.9 cm³/mol. The van der Waals surface area contributed by atoms with Gasteiger partial charge in [-0.05, 0) is 31.9 Å². The summed E-state index contributed by atoms with van der Waals surface area (Å²) in [6.45, 7) is 2.30. The number of rotatable bonds is 3. The summed E-state index contributed by atoms with van der Waals surface area (Å²) in [6.07, 6.45) is 8.21. The lowest BCUT2D eigenvalue weighted by molar-refractivity contribution is 0.0916. The first-order valence-corrected chi connectivity index (χ1v) is 7.46. The Bertz CT molecular complexity index is 491. The third-order valence-corrected chi connectivity index (χ3v) is 4.51. The first kappa shape index (κ1) is 13.4. The van der Waals surface area contributed by atoms with Crippen molar-refractivity contribution in [1.29, 1.82) is 0 Å². The Labute approximate surface area is 119 Å². The zero-order chi connectivity index (χ0) is 13.9. The van der Waals surface area contributed by atoms with Crippen LogP contribution in [0.4, 0.5) is 5.69 Å². The average molecular weight is 274 g/mol. The number of nitrogens with one attached hydrogen (secondary N) is 2. The summed E-state index contributed by atoms with van der Waals surface area (Å²) in [6, 6.07) is 2.60. The third kappa shape index (κ3) is 2.50. The molecule has 108 valence electrons. The molecule has 2 fully saturated rings. The lowest BCUT2D eigenvalue weighted by Crippen LogP contribution is -2.46. The van der Waals surface area contributed by atoms with Gasteiger partial charge in [-0.1, -0.05) is 6.42 Å². The van der Waals surface area contributed by atoms with E-state index in [1.165, 1.54) is 25.8 Å². The van der Waals surface area contributed by atoms with Gasteiger partial charge in [-0.3, -0.25) is 14.7 Å². The number of carbonyl (C=O) groups is 1. The molecule has 2 aliphatic rings. The van der Waals surface area contributed by atoms with Crippen LogP contribution in [0, 0.1) is 0 Å². The number of hydrogen-bond donors (Lipinski definition) is 2. The Morgan fingerprint density at radius 2 is 2.25 bits per heavy atom. The molecule has 2 N–H and O–H groups in total. The molecule has 3 rings (SSSR count). The summed E-state index contributed by atoms with van der Waals surface area (Å²) in [5.74, 6) is 0.00849. The molecular formula is C15H22N4O. The van der Waals surface area contributed by atoms with Gasteiger partial charge in [0.15, 0.2) is 0 Å². The summed E-state index contributed by atoms with van der Waals surface area (Å²) in [5.41, 5.74) is 1.46. The minimum Gasteiger partial charge on any atom is -0.386 e. The Morgan fingerprint density at radius 1 is 1.35 bits per heavy atom. The fraction of sp³-hybridized carbons (Fsp3) is 0.600. The molecule has 0 spiro atoms. The second-order valence-electron chi connectivity index (χ2n) is 5.64. The highest BCUT2D eigenvalue weighted by atomic mass is 16.1. The van der Waals surface area contributed by atoms with Crippen molar-refractivity contribution in [3.05, 3.63) is 24.0 Å². The molecular weight excluding hydrogens is 252 g/mol. The fourth-order valence-corrected chi connectivity index (χ4v) is 3.45. The van der Waals surface area contributed by atoms with Crippen molar-refractivity contribution in [2.75, 3.05) is 25.5 Å². The van der Waals surface area contributed by atoms with Crippen molar-refractivity contribution >= 4 is 11.6 Å². The normalized spacial score (nSPS) is 26.1. The molecule has 1 amide bonds. The fourth-order valence-electron chi connectivity index (χ4n) is 3.45. The first-order chi connectivity index (χ1) is 9.79. The Kier molecular flexibility index (Phi) is 3.87. The zero-order valence-corrected chi connectivity index (χ0v) is 11.9. The molecule has 1 aromatic heterocycles. The molecule has 2 aliphatic heterocycles. The van der Waals surface area contributed by atoms with Crippen LogP contribution in [0.25, 0.3) is 0 Å². The molecule has 2 atom stereocenters. The largest absolute Gasteiger partial charge is 0.386 e. The topological polar surface area (TPSA) is 57.3 Å². The quantitative estimate of drug-likeness (QED) is 0.876. The number of piperidine rings is 1. The zero-order valence-electron chi connectivity index (χ0n) is 11.9. The highest BCUT2D eigenvalue weighted by molar-refractivity contribution is 5.99. The number of aromatic nitrogens is 1. The average Bonchev–Trinajstić information content (AvgIpc) is 2.90. The second kappa shape index (κ2) is 5.79. The van der Waals surface area contributed by atoms with Gasteiger partial charge in [0.2, 0.25) is 0 Å². The van der Waals surface area contributed by atoms with E-state index in [1.807, 2.05) is 7.05 Å². The van der Waals surface area contributed by atoms with Crippen LogP contribution in [0.5, 0.6) is 0 Å². The maximum Gasteiger partial charge on any atom is 0.253 e. The second-order valence-corrected chi connectivity index (χ2v) is 5.64. The van der Waals surface area contributed by atoms with E-state index in [2.05, 4.69) is 20.5 Å². The van der Waals surface area contributed by atoms with E-state index in [1.54, 1.807) is 18.5 Å². The Morgan fingerprint density at radius 3 is 3.10 bits per heavy atom. The van der Waals surface area contributed by atoms with Gasteiger partial charge in [-0.25, -0.2) is 0 Å². The van der Waals surface area contributed by atoms with E-state index in [4.69, 9.17) is 0 Å². The number of amides is 1. The van der Waals surface area contributed by atoms with Crippen LogP contribution in [-0.4, -0.2) is 48.0 Å². The summed E-state index contributed by atoms with van der Waals surface area (Å²) in [4.78, 5) is 19.0. The predicted octanol–water partition coefficient (Wildman–Crippen LogP) is 1.48. The van der Waals surface area contributed by atoms with E-state index < -0.39 is 0 Å². The number of pyridine rings is 1. The molecule has 0 radical (unpaired) electrons. The highest BCUT2D eigenvalue weighted by Gasteiger charge is 2.36. The van der Waals surface area contributed by atoms with Crippen molar-refractivity contribution in [1.82, 2.24) is 15.2 Å². The van der Waals surface area contributed by atoms with E-state index in [9.17, 15) is 4.79 Å². The molecule has 20 heavy (non-hydrogen) atoms. The van der Waals surface area contributed by atoms with Crippen molar-refractivity contribution in [3.8, 4) is 0 Å². The number of hydrogen-bond acceptors (Lipinski definition) is 4.